The Morgan fingerprint density at radius 1 is 0.338 bits per heavy atom. The van der Waals surface area contributed by atoms with E-state index < -0.39 is 0 Å². The Morgan fingerprint density at radius 3 is 0.938 bits per heavy atom. The molecule has 6 nitrogen and oxygen atoms in total. The number of Topliss-reactive ketones (excluding diaryl/α,β-unsaturated/α-hetero) is 2. The quantitative estimate of drug-likeness (QED) is 0.0168. The Labute approximate surface area is 483 Å². The molecule has 436 valence electrons. The topological polar surface area (TPSA) is 86.7 Å². The van der Waals surface area contributed by atoms with E-state index in [1.54, 1.807) is 0 Å². The molecule has 4 unspecified atom stereocenters. The van der Waals surface area contributed by atoms with Crippen molar-refractivity contribution >= 4 is 78.1 Å². The summed E-state index contributed by atoms with van der Waals surface area (Å²) in [6, 6.07) is 16.8. The second-order valence-corrected chi connectivity index (χ2v) is 24.7. The van der Waals surface area contributed by atoms with E-state index in [1.165, 1.54) is 51.4 Å². The van der Waals surface area contributed by atoms with Crippen LogP contribution in [0.25, 0.3) is 54.6 Å². The molecule has 0 saturated heterocycles. The number of fused-ring (bicyclic) bond motifs is 2. The normalized spacial score (nSPS) is 15.1. The van der Waals surface area contributed by atoms with Gasteiger partial charge in [-0.15, -0.1) is 0 Å². The summed E-state index contributed by atoms with van der Waals surface area (Å²) in [5.41, 5.74) is 4.23. The van der Waals surface area contributed by atoms with Crippen LogP contribution in [0, 0.1) is 23.7 Å². The molecule has 5 aromatic carbocycles. The maximum Gasteiger partial charge on any atom is 0.314 e. The molecule has 0 saturated carbocycles. The summed E-state index contributed by atoms with van der Waals surface area (Å²) in [6.07, 6.45) is 35.4. The molecular formula is C74H104O6. The lowest BCUT2D eigenvalue weighted by Crippen LogP contribution is -2.23. The largest absolute Gasteiger partial charge is 0.425 e. The molecule has 7 rings (SSSR count). The van der Waals surface area contributed by atoms with Crippen LogP contribution in [-0.2, 0) is 19.1 Å². The molecule has 0 radical (unpaired) electrons. The Balaban J connectivity index is 1.36. The fourth-order valence-electron chi connectivity index (χ4n) is 13.7. The zero-order valence-corrected chi connectivity index (χ0v) is 51.4. The van der Waals surface area contributed by atoms with E-state index in [9.17, 15) is 9.59 Å². The molecule has 0 aromatic heterocycles. The van der Waals surface area contributed by atoms with Crippen LogP contribution >= 0.6 is 0 Å². The van der Waals surface area contributed by atoms with Crippen LogP contribution in [-0.4, -0.2) is 23.5 Å². The van der Waals surface area contributed by atoms with Crippen molar-refractivity contribution in [3.8, 4) is 0 Å². The second-order valence-electron chi connectivity index (χ2n) is 24.7. The van der Waals surface area contributed by atoms with Gasteiger partial charge in [0, 0.05) is 44.2 Å². The summed E-state index contributed by atoms with van der Waals surface area (Å²) in [5, 5.41) is 7.59. The highest BCUT2D eigenvalue weighted by molar-refractivity contribution is 6.40. The van der Waals surface area contributed by atoms with Crippen LogP contribution < -0.4 is 0 Å². The van der Waals surface area contributed by atoms with E-state index in [0.717, 1.165) is 208 Å². The minimum absolute atomic E-state index is 0.0374. The number of ketones is 2. The molecule has 0 aliphatic heterocycles. The van der Waals surface area contributed by atoms with Crippen LogP contribution in [0.4, 0.5) is 0 Å². The van der Waals surface area contributed by atoms with Gasteiger partial charge in [-0.25, -0.2) is 0 Å². The molecular weight excluding hydrogens is 985 g/mol. The van der Waals surface area contributed by atoms with Gasteiger partial charge >= 0.3 is 11.9 Å². The zero-order chi connectivity index (χ0) is 57.0. The molecule has 2 aliphatic carbocycles. The Morgan fingerprint density at radius 2 is 0.625 bits per heavy atom. The molecule has 5 aromatic rings. The number of carbonyl (C=O) groups is 4. The fraction of sp³-hybridized carbons (Fsp3) is 0.622. The molecule has 0 heterocycles. The van der Waals surface area contributed by atoms with Crippen molar-refractivity contribution in [3.05, 3.63) is 81.9 Å². The van der Waals surface area contributed by atoms with Crippen LogP contribution in [0.3, 0.4) is 0 Å². The SMILES string of the molecule is CCCCCCCCC(CCCCCC)C(=O)OC1=C(CC(CC)CCCC)C(=O)c2ccc3c4ccc5c6c(ccc(c7ccc1c2c37)c64)C(OC(=O)C(CCCCCC)CCCCCCCC)=C(CC(CC)CCCC)C5=O. The average Bonchev–Trinajstić information content (AvgIpc) is 3.15. The summed E-state index contributed by atoms with van der Waals surface area (Å²) >= 11 is 0. The van der Waals surface area contributed by atoms with Crippen molar-refractivity contribution in [2.75, 3.05) is 0 Å². The van der Waals surface area contributed by atoms with E-state index in [4.69, 9.17) is 9.47 Å². The summed E-state index contributed by atoms with van der Waals surface area (Å²) in [7, 11) is 0. The zero-order valence-electron chi connectivity index (χ0n) is 51.4. The van der Waals surface area contributed by atoms with E-state index in [0.29, 0.717) is 58.5 Å². The van der Waals surface area contributed by atoms with Gasteiger partial charge in [-0.05, 0) is 107 Å². The van der Waals surface area contributed by atoms with Crippen molar-refractivity contribution in [1.82, 2.24) is 0 Å². The van der Waals surface area contributed by atoms with E-state index >= 15 is 9.59 Å². The lowest BCUT2D eigenvalue weighted by Gasteiger charge is -2.29. The molecule has 0 bridgehead atoms. The van der Waals surface area contributed by atoms with Crippen molar-refractivity contribution in [2.45, 2.75) is 274 Å². The van der Waals surface area contributed by atoms with Crippen LogP contribution in [0.1, 0.15) is 306 Å². The number of rotatable bonds is 40. The van der Waals surface area contributed by atoms with Crippen molar-refractivity contribution < 1.29 is 28.7 Å². The smallest absolute Gasteiger partial charge is 0.314 e. The van der Waals surface area contributed by atoms with Gasteiger partial charge < -0.3 is 9.47 Å². The fourth-order valence-corrected chi connectivity index (χ4v) is 13.7. The summed E-state index contributed by atoms with van der Waals surface area (Å²) in [5.74, 6) is 0.594. The predicted octanol–water partition coefficient (Wildman–Crippen LogP) is 22.5. The van der Waals surface area contributed by atoms with Gasteiger partial charge in [0.25, 0.3) is 0 Å². The minimum atomic E-state index is -0.223. The minimum Gasteiger partial charge on any atom is -0.425 e. The first-order valence-electron chi connectivity index (χ1n) is 33.3. The van der Waals surface area contributed by atoms with Gasteiger partial charge in [0.15, 0.2) is 11.6 Å². The lowest BCUT2D eigenvalue weighted by atomic mass is 9.76. The highest BCUT2D eigenvalue weighted by Crippen LogP contribution is 2.51. The number of hydrogen-bond donors (Lipinski definition) is 0. The third-order valence-electron chi connectivity index (χ3n) is 18.7. The van der Waals surface area contributed by atoms with Crippen LogP contribution in [0.2, 0.25) is 0 Å². The molecule has 0 N–H and O–H groups in total. The highest BCUT2D eigenvalue weighted by atomic mass is 16.5. The van der Waals surface area contributed by atoms with Gasteiger partial charge in [-0.3, -0.25) is 19.2 Å². The van der Waals surface area contributed by atoms with Crippen molar-refractivity contribution in [1.29, 1.82) is 0 Å². The third kappa shape index (κ3) is 15.0. The molecule has 0 fully saturated rings. The van der Waals surface area contributed by atoms with Crippen molar-refractivity contribution in [2.24, 2.45) is 23.7 Å². The summed E-state index contributed by atoms with van der Waals surface area (Å²) in [4.78, 5) is 60.5. The summed E-state index contributed by atoms with van der Waals surface area (Å²) in [6.45, 7) is 17.8. The highest BCUT2D eigenvalue weighted by Gasteiger charge is 2.37. The summed E-state index contributed by atoms with van der Waals surface area (Å²) < 4.78 is 13.7. The number of carbonyl (C=O) groups excluding carboxylic acids is 4. The molecule has 2 aliphatic rings. The van der Waals surface area contributed by atoms with Crippen LogP contribution in [0.5, 0.6) is 0 Å². The standard InChI is InChI=1S/C74H104O6/c1-9-17-23-27-29-33-39-53(37-31-25-19-11-3)73(77)79-71-61-47-43-57-58-44-48-62-68-60(46-42-56(66(58)68)55-41-45-59(67(61)65(55)57)69(75)63(71)49-51(15-7)35-21-13-5)70(76)64(50-52(16-8)36-22-14-6)72(62)80-74(78)54(38-32-26-20-12-4)40-34-30-28-24-18-10-2/h41-48,51-54H,9-40,49-50H2,1-8H3. The number of unbranched alkanes of at least 4 members (excludes halogenated alkanes) is 18. The van der Waals surface area contributed by atoms with Gasteiger partial charge in [0.05, 0.1) is 11.8 Å². The molecule has 80 heavy (non-hydrogen) atoms. The first-order chi connectivity index (χ1) is 39.1. The van der Waals surface area contributed by atoms with Crippen LogP contribution in [0.15, 0.2) is 59.7 Å². The molecule has 6 heteroatoms. The Bertz CT molecular complexity index is 2680. The average molecular weight is 1090 g/mol. The molecule has 4 atom stereocenters. The van der Waals surface area contributed by atoms with Gasteiger partial charge in [0.2, 0.25) is 0 Å². The maximum absolute atomic E-state index is 15.4. The number of esters is 2. The van der Waals surface area contributed by atoms with Gasteiger partial charge in [0.1, 0.15) is 11.5 Å². The second kappa shape index (κ2) is 32.1. The number of hydrogen-bond acceptors (Lipinski definition) is 6. The Kier molecular flexibility index (Phi) is 25.2. The molecule has 0 spiro atoms. The number of benzene rings is 5. The maximum atomic E-state index is 15.4. The monoisotopic (exact) mass is 1090 g/mol. The van der Waals surface area contributed by atoms with Gasteiger partial charge in [-0.2, -0.15) is 0 Å². The first kappa shape index (κ1) is 62.8. The Hall–Kier alpha value is -4.84. The van der Waals surface area contributed by atoms with E-state index in [-0.39, 0.29) is 35.3 Å². The van der Waals surface area contributed by atoms with E-state index in [1.807, 2.05) is 12.1 Å². The third-order valence-corrected chi connectivity index (χ3v) is 18.7. The van der Waals surface area contributed by atoms with Crippen molar-refractivity contribution in [3.63, 3.8) is 0 Å². The lowest BCUT2D eigenvalue weighted by molar-refractivity contribution is -0.142. The predicted molar refractivity (Wildman–Crippen MR) is 339 cm³/mol. The van der Waals surface area contributed by atoms with Gasteiger partial charge in [-0.1, -0.05) is 259 Å². The first-order valence-corrected chi connectivity index (χ1v) is 33.3. The van der Waals surface area contributed by atoms with E-state index in [2.05, 4.69) is 91.8 Å². The molecule has 0 amide bonds. The number of allylic oxidation sites excluding steroid dienone is 2. The number of ether oxygens (including phenoxy) is 2.